The van der Waals surface area contributed by atoms with Gasteiger partial charge in [-0.15, -0.1) is 0 Å². The molecule has 0 aliphatic heterocycles. The quantitative estimate of drug-likeness (QED) is 0.620. The summed E-state index contributed by atoms with van der Waals surface area (Å²) in [6.45, 7) is 8.52. The summed E-state index contributed by atoms with van der Waals surface area (Å²) in [6, 6.07) is 16.5. The molecular formula is C22H24N2. The number of nitrogens with two attached hydrogens (primary N) is 2. The molecule has 24 heavy (non-hydrogen) atoms. The summed E-state index contributed by atoms with van der Waals surface area (Å²) in [4.78, 5) is 0. The van der Waals surface area contributed by atoms with Crippen molar-refractivity contribution < 1.29 is 0 Å². The van der Waals surface area contributed by atoms with Crippen LogP contribution >= 0.6 is 0 Å². The van der Waals surface area contributed by atoms with Crippen molar-refractivity contribution in [2.45, 2.75) is 27.7 Å². The van der Waals surface area contributed by atoms with E-state index >= 15 is 0 Å². The fourth-order valence-corrected chi connectivity index (χ4v) is 3.39. The molecule has 0 aliphatic rings. The first kappa shape index (κ1) is 16.1. The highest BCUT2D eigenvalue weighted by Gasteiger charge is 2.19. The highest BCUT2D eigenvalue weighted by molar-refractivity contribution is 5.98. The summed E-state index contributed by atoms with van der Waals surface area (Å²) in [5.41, 5.74) is 23.6. The van der Waals surface area contributed by atoms with Gasteiger partial charge >= 0.3 is 0 Å². The molecule has 0 aromatic heterocycles. The molecule has 0 amide bonds. The van der Waals surface area contributed by atoms with Gasteiger partial charge in [-0.3, -0.25) is 0 Å². The molecule has 2 heteroatoms. The lowest BCUT2D eigenvalue weighted by Gasteiger charge is -2.21. The second-order valence-electron chi connectivity index (χ2n) is 6.44. The lowest BCUT2D eigenvalue weighted by atomic mass is 9.85. The van der Waals surface area contributed by atoms with Crippen molar-refractivity contribution in [3.63, 3.8) is 0 Å². The van der Waals surface area contributed by atoms with Crippen LogP contribution in [0, 0.1) is 27.7 Å². The largest absolute Gasteiger partial charge is 0.397 e. The standard InChI is InChI=1S/C22H24N2/c1-13-9-8-12-18(14(13)2)20-16(4)15(3)19(21(23)22(20)24)17-10-6-5-7-11-17/h5-12H,23-24H2,1-4H3. The van der Waals surface area contributed by atoms with E-state index in [-0.39, 0.29) is 0 Å². The Hall–Kier alpha value is -2.74. The van der Waals surface area contributed by atoms with Gasteiger partial charge in [-0.25, -0.2) is 0 Å². The molecule has 4 N–H and O–H groups in total. The molecule has 3 rings (SSSR count). The van der Waals surface area contributed by atoms with Crippen LogP contribution in [0.4, 0.5) is 11.4 Å². The number of rotatable bonds is 2. The van der Waals surface area contributed by atoms with E-state index in [1.54, 1.807) is 0 Å². The van der Waals surface area contributed by atoms with Crippen LogP contribution in [0.15, 0.2) is 48.5 Å². The van der Waals surface area contributed by atoms with Gasteiger partial charge in [-0.05, 0) is 61.1 Å². The third-order valence-electron chi connectivity index (χ3n) is 5.08. The fourth-order valence-electron chi connectivity index (χ4n) is 3.39. The van der Waals surface area contributed by atoms with Gasteiger partial charge in [0.25, 0.3) is 0 Å². The second-order valence-corrected chi connectivity index (χ2v) is 6.44. The molecular weight excluding hydrogens is 292 g/mol. The number of aryl methyl sites for hydroxylation is 1. The van der Waals surface area contributed by atoms with Crippen molar-refractivity contribution in [3.8, 4) is 22.3 Å². The Balaban J connectivity index is 2.34. The highest BCUT2D eigenvalue weighted by atomic mass is 14.7. The molecule has 0 fully saturated rings. The van der Waals surface area contributed by atoms with Crippen LogP contribution in [-0.2, 0) is 0 Å². The van der Waals surface area contributed by atoms with E-state index in [0.29, 0.717) is 11.4 Å². The molecule has 0 aliphatic carbocycles. The molecule has 0 atom stereocenters. The van der Waals surface area contributed by atoms with Crippen molar-refractivity contribution in [1.82, 2.24) is 0 Å². The van der Waals surface area contributed by atoms with E-state index in [2.05, 4.69) is 58.0 Å². The van der Waals surface area contributed by atoms with Gasteiger partial charge in [0, 0.05) is 11.1 Å². The van der Waals surface area contributed by atoms with E-state index in [1.807, 2.05) is 18.2 Å². The lowest BCUT2D eigenvalue weighted by Crippen LogP contribution is -2.05. The maximum Gasteiger partial charge on any atom is 0.0636 e. The Morgan fingerprint density at radius 2 is 1.17 bits per heavy atom. The number of hydrogen-bond acceptors (Lipinski definition) is 2. The van der Waals surface area contributed by atoms with E-state index in [9.17, 15) is 0 Å². The molecule has 0 unspecified atom stereocenters. The van der Waals surface area contributed by atoms with E-state index in [0.717, 1.165) is 16.7 Å². The van der Waals surface area contributed by atoms with Crippen LogP contribution in [0.1, 0.15) is 22.3 Å². The molecule has 3 aromatic rings. The Kier molecular flexibility index (Phi) is 4.06. The van der Waals surface area contributed by atoms with Crippen molar-refractivity contribution >= 4 is 11.4 Å². The molecule has 2 nitrogen and oxygen atoms in total. The molecule has 0 saturated carbocycles. The summed E-state index contributed by atoms with van der Waals surface area (Å²) in [6.07, 6.45) is 0. The van der Waals surface area contributed by atoms with Crippen molar-refractivity contribution in [1.29, 1.82) is 0 Å². The average Bonchev–Trinajstić information content (AvgIpc) is 2.58. The molecule has 0 spiro atoms. The zero-order chi connectivity index (χ0) is 17.4. The first-order chi connectivity index (χ1) is 11.4. The van der Waals surface area contributed by atoms with Gasteiger partial charge in [0.15, 0.2) is 0 Å². The zero-order valence-electron chi connectivity index (χ0n) is 14.8. The minimum Gasteiger partial charge on any atom is -0.397 e. The third kappa shape index (κ3) is 2.44. The smallest absolute Gasteiger partial charge is 0.0636 e. The molecule has 0 radical (unpaired) electrons. The monoisotopic (exact) mass is 316 g/mol. The molecule has 122 valence electrons. The van der Waals surface area contributed by atoms with Crippen LogP contribution < -0.4 is 11.5 Å². The second kappa shape index (κ2) is 6.04. The van der Waals surface area contributed by atoms with Crippen molar-refractivity contribution in [3.05, 3.63) is 70.8 Å². The van der Waals surface area contributed by atoms with Gasteiger partial charge in [0.2, 0.25) is 0 Å². The first-order valence-electron chi connectivity index (χ1n) is 8.23. The predicted octanol–water partition coefficient (Wildman–Crippen LogP) is 5.42. The van der Waals surface area contributed by atoms with Crippen molar-refractivity contribution in [2.24, 2.45) is 0 Å². The molecule has 0 heterocycles. The summed E-state index contributed by atoms with van der Waals surface area (Å²) < 4.78 is 0. The van der Waals surface area contributed by atoms with Crippen LogP contribution in [0.25, 0.3) is 22.3 Å². The van der Waals surface area contributed by atoms with Crippen molar-refractivity contribution in [2.75, 3.05) is 11.5 Å². The van der Waals surface area contributed by atoms with Crippen LogP contribution in [-0.4, -0.2) is 0 Å². The first-order valence-corrected chi connectivity index (χ1v) is 8.23. The van der Waals surface area contributed by atoms with E-state index < -0.39 is 0 Å². The molecule has 0 saturated heterocycles. The van der Waals surface area contributed by atoms with Gasteiger partial charge in [-0.1, -0.05) is 48.5 Å². The third-order valence-corrected chi connectivity index (χ3v) is 5.08. The summed E-state index contributed by atoms with van der Waals surface area (Å²) in [5.74, 6) is 0. The maximum atomic E-state index is 6.52. The lowest BCUT2D eigenvalue weighted by molar-refractivity contribution is 1.30. The number of hydrogen-bond donors (Lipinski definition) is 2. The van der Waals surface area contributed by atoms with Gasteiger partial charge in [0.1, 0.15) is 0 Å². The Bertz CT molecular complexity index is 880. The maximum absolute atomic E-state index is 6.52. The Labute approximate surface area is 144 Å². The minimum absolute atomic E-state index is 0.667. The topological polar surface area (TPSA) is 52.0 Å². The highest BCUT2D eigenvalue weighted by Crippen LogP contribution is 2.44. The Morgan fingerprint density at radius 3 is 1.83 bits per heavy atom. The van der Waals surface area contributed by atoms with Gasteiger partial charge in [0.05, 0.1) is 11.4 Å². The average molecular weight is 316 g/mol. The minimum atomic E-state index is 0.667. The van der Waals surface area contributed by atoms with E-state index in [4.69, 9.17) is 11.5 Å². The predicted molar refractivity (Wildman–Crippen MR) is 105 cm³/mol. The number of benzene rings is 3. The SMILES string of the molecule is Cc1cccc(-c2c(C)c(C)c(-c3ccccc3)c(N)c2N)c1C. The molecule has 0 bridgehead atoms. The normalized spacial score (nSPS) is 10.8. The Morgan fingerprint density at radius 1 is 0.583 bits per heavy atom. The van der Waals surface area contributed by atoms with Crippen LogP contribution in [0.5, 0.6) is 0 Å². The summed E-state index contributed by atoms with van der Waals surface area (Å²) in [5, 5.41) is 0. The van der Waals surface area contributed by atoms with E-state index in [1.165, 1.54) is 27.8 Å². The number of nitrogen functional groups attached to an aromatic ring is 2. The summed E-state index contributed by atoms with van der Waals surface area (Å²) in [7, 11) is 0. The summed E-state index contributed by atoms with van der Waals surface area (Å²) >= 11 is 0. The van der Waals surface area contributed by atoms with Gasteiger partial charge in [-0.2, -0.15) is 0 Å². The number of anilines is 2. The van der Waals surface area contributed by atoms with Crippen LogP contribution in [0.3, 0.4) is 0 Å². The van der Waals surface area contributed by atoms with Crippen LogP contribution in [0.2, 0.25) is 0 Å². The van der Waals surface area contributed by atoms with Gasteiger partial charge < -0.3 is 11.5 Å². The fraction of sp³-hybridized carbons (Fsp3) is 0.182. The zero-order valence-corrected chi connectivity index (χ0v) is 14.8. The molecule has 3 aromatic carbocycles.